The third-order valence-electron chi connectivity index (χ3n) is 4.06. The van der Waals surface area contributed by atoms with Crippen molar-refractivity contribution < 1.29 is 9.72 Å². The van der Waals surface area contributed by atoms with E-state index < -0.39 is 0 Å². The summed E-state index contributed by atoms with van der Waals surface area (Å²) in [6.45, 7) is 1.67. The molecule has 1 N–H and O–H groups in total. The third kappa shape index (κ3) is 4.00. The van der Waals surface area contributed by atoms with Crippen LogP contribution >= 0.6 is 0 Å². The van der Waals surface area contributed by atoms with Crippen molar-refractivity contribution in [1.29, 1.82) is 0 Å². The summed E-state index contributed by atoms with van der Waals surface area (Å²) < 4.78 is 0. The number of hydrogen-bond donors (Lipinski definition) is 1. The molecule has 1 amide bonds. The smallest absolute Gasteiger partial charge is 0.293 e. The molecule has 0 radical (unpaired) electrons. The second-order valence-corrected chi connectivity index (χ2v) is 5.76. The Labute approximate surface area is 145 Å². The van der Waals surface area contributed by atoms with Crippen LogP contribution in [-0.2, 0) is 0 Å². The van der Waals surface area contributed by atoms with Crippen LogP contribution in [0, 0.1) is 10.1 Å². The molecule has 7 nitrogen and oxygen atoms in total. The highest BCUT2D eigenvalue weighted by atomic mass is 16.6. The maximum atomic E-state index is 11.9. The number of nitro groups is 1. The number of benzene rings is 2. The lowest BCUT2D eigenvalue weighted by Gasteiger charge is -2.17. The molecule has 0 spiro atoms. The van der Waals surface area contributed by atoms with Crippen LogP contribution in [0.15, 0.2) is 53.6 Å². The molecular formula is C18H18N4O3. The Morgan fingerprint density at radius 3 is 2.56 bits per heavy atom. The number of carbonyl (C=O) groups is 1. The molecule has 0 unspecified atom stereocenters. The van der Waals surface area contributed by atoms with Gasteiger partial charge in [0, 0.05) is 30.3 Å². The highest BCUT2D eigenvalue weighted by molar-refractivity contribution is 5.95. The Morgan fingerprint density at radius 1 is 1.16 bits per heavy atom. The molecule has 1 aliphatic heterocycles. The third-order valence-corrected chi connectivity index (χ3v) is 4.06. The first-order valence-electron chi connectivity index (χ1n) is 8.07. The van der Waals surface area contributed by atoms with Gasteiger partial charge >= 0.3 is 0 Å². The Bertz CT molecular complexity index is 799. The summed E-state index contributed by atoms with van der Waals surface area (Å²) in [5.74, 6) is -0.333. The number of nitrogens with one attached hydrogen (secondary N) is 1. The van der Waals surface area contributed by atoms with Gasteiger partial charge in [-0.3, -0.25) is 14.9 Å². The van der Waals surface area contributed by atoms with Gasteiger partial charge in [-0.15, -0.1) is 0 Å². The van der Waals surface area contributed by atoms with Gasteiger partial charge in [0.1, 0.15) is 5.69 Å². The summed E-state index contributed by atoms with van der Waals surface area (Å²) >= 11 is 0. The van der Waals surface area contributed by atoms with Crippen LogP contribution < -0.4 is 10.3 Å². The zero-order valence-electron chi connectivity index (χ0n) is 13.6. The van der Waals surface area contributed by atoms with Crippen LogP contribution in [-0.4, -0.2) is 30.1 Å². The van der Waals surface area contributed by atoms with Gasteiger partial charge in [-0.05, 0) is 31.0 Å². The lowest BCUT2D eigenvalue weighted by molar-refractivity contribution is -0.384. The van der Waals surface area contributed by atoms with Crippen molar-refractivity contribution in [3.05, 3.63) is 69.8 Å². The SMILES string of the molecule is O=C(N/N=C\c1ccc(N2CCCC2)c([N+](=O)[O-])c1)c1ccccc1. The van der Waals surface area contributed by atoms with E-state index in [2.05, 4.69) is 10.5 Å². The first-order valence-corrected chi connectivity index (χ1v) is 8.07. The fourth-order valence-electron chi connectivity index (χ4n) is 2.81. The van der Waals surface area contributed by atoms with E-state index in [1.165, 1.54) is 12.3 Å². The maximum Gasteiger partial charge on any atom is 0.293 e. The largest absolute Gasteiger partial charge is 0.366 e. The molecule has 1 fully saturated rings. The molecule has 7 heteroatoms. The van der Waals surface area contributed by atoms with Gasteiger partial charge in [0.05, 0.1) is 11.1 Å². The van der Waals surface area contributed by atoms with Crippen molar-refractivity contribution in [2.45, 2.75) is 12.8 Å². The minimum Gasteiger partial charge on any atom is -0.366 e. The molecule has 1 saturated heterocycles. The van der Waals surface area contributed by atoms with Crippen molar-refractivity contribution in [3.63, 3.8) is 0 Å². The van der Waals surface area contributed by atoms with Gasteiger partial charge in [0.2, 0.25) is 0 Å². The molecule has 3 rings (SSSR count). The van der Waals surface area contributed by atoms with Gasteiger partial charge in [-0.1, -0.05) is 24.3 Å². The van der Waals surface area contributed by atoms with E-state index in [0.29, 0.717) is 16.8 Å². The van der Waals surface area contributed by atoms with Gasteiger partial charge in [0.15, 0.2) is 0 Å². The molecule has 128 valence electrons. The quantitative estimate of drug-likeness (QED) is 0.516. The minimum absolute atomic E-state index is 0.0558. The van der Waals surface area contributed by atoms with Crippen LogP contribution in [0.2, 0.25) is 0 Å². The minimum atomic E-state index is -0.381. The van der Waals surface area contributed by atoms with Crippen LogP contribution in [0.5, 0.6) is 0 Å². The molecule has 0 aromatic heterocycles. The van der Waals surface area contributed by atoms with Gasteiger partial charge in [-0.25, -0.2) is 5.43 Å². The molecule has 0 bridgehead atoms. The van der Waals surface area contributed by atoms with Crippen LogP contribution in [0.3, 0.4) is 0 Å². The van der Waals surface area contributed by atoms with E-state index in [-0.39, 0.29) is 16.5 Å². The molecule has 0 aliphatic carbocycles. The van der Waals surface area contributed by atoms with E-state index >= 15 is 0 Å². The standard InChI is InChI=1S/C18H18N4O3/c23-18(15-6-2-1-3-7-15)20-19-13-14-8-9-16(17(12-14)22(24)25)21-10-4-5-11-21/h1-3,6-9,12-13H,4-5,10-11H2,(H,20,23)/b19-13-. The average Bonchev–Trinajstić information content (AvgIpc) is 3.16. The fraction of sp³-hybridized carbons (Fsp3) is 0.222. The van der Waals surface area contributed by atoms with E-state index in [0.717, 1.165) is 25.9 Å². The van der Waals surface area contributed by atoms with Gasteiger partial charge in [-0.2, -0.15) is 5.10 Å². The lowest BCUT2D eigenvalue weighted by atomic mass is 10.1. The Balaban J connectivity index is 1.73. The second kappa shape index (κ2) is 7.57. The topological polar surface area (TPSA) is 87.8 Å². The van der Waals surface area contributed by atoms with Gasteiger partial charge in [0.25, 0.3) is 11.6 Å². The molecule has 0 saturated carbocycles. The predicted octanol–water partition coefficient (Wildman–Crippen LogP) is 2.96. The summed E-state index contributed by atoms with van der Waals surface area (Å²) in [5, 5.41) is 15.2. The number of hydrogen-bond acceptors (Lipinski definition) is 5. The molecule has 0 atom stereocenters. The summed E-state index contributed by atoms with van der Waals surface area (Å²) in [5.41, 5.74) is 4.16. The van der Waals surface area contributed by atoms with Crippen molar-refractivity contribution >= 4 is 23.5 Å². The molecule has 2 aromatic carbocycles. The van der Waals surface area contributed by atoms with Crippen molar-refractivity contribution in [3.8, 4) is 0 Å². The number of amides is 1. The first-order chi connectivity index (χ1) is 12.1. The van der Waals surface area contributed by atoms with E-state index in [1.807, 2.05) is 11.0 Å². The normalized spacial score (nSPS) is 14.0. The van der Waals surface area contributed by atoms with Crippen LogP contribution in [0.1, 0.15) is 28.8 Å². The van der Waals surface area contributed by atoms with Crippen molar-refractivity contribution in [1.82, 2.24) is 5.43 Å². The highest BCUT2D eigenvalue weighted by Gasteiger charge is 2.22. The van der Waals surface area contributed by atoms with Crippen molar-refractivity contribution in [2.24, 2.45) is 5.10 Å². The summed E-state index contributed by atoms with van der Waals surface area (Å²) in [6.07, 6.45) is 3.50. The fourth-order valence-corrected chi connectivity index (χ4v) is 2.81. The molecule has 25 heavy (non-hydrogen) atoms. The monoisotopic (exact) mass is 338 g/mol. The van der Waals surface area contributed by atoms with Crippen LogP contribution in [0.25, 0.3) is 0 Å². The van der Waals surface area contributed by atoms with Crippen molar-refractivity contribution in [2.75, 3.05) is 18.0 Å². The highest BCUT2D eigenvalue weighted by Crippen LogP contribution is 2.31. The molecular weight excluding hydrogens is 320 g/mol. The lowest BCUT2D eigenvalue weighted by Crippen LogP contribution is -2.19. The number of hydrazone groups is 1. The number of anilines is 1. The van der Waals surface area contributed by atoms with E-state index in [9.17, 15) is 14.9 Å². The van der Waals surface area contributed by atoms with Gasteiger partial charge < -0.3 is 4.90 Å². The first kappa shape index (κ1) is 16.6. The Hall–Kier alpha value is -3.22. The predicted molar refractivity (Wildman–Crippen MR) is 96.0 cm³/mol. The Morgan fingerprint density at radius 2 is 1.88 bits per heavy atom. The zero-order chi connectivity index (χ0) is 17.6. The molecule has 2 aromatic rings. The summed E-state index contributed by atoms with van der Waals surface area (Å²) in [4.78, 5) is 24.9. The Kier molecular flexibility index (Phi) is 5.03. The van der Waals surface area contributed by atoms with E-state index in [4.69, 9.17) is 0 Å². The van der Waals surface area contributed by atoms with E-state index in [1.54, 1.807) is 36.4 Å². The summed E-state index contributed by atoms with van der Waals surface area (Å²) in [7, 11) is 0. The maximum absolute atomic E-state index is 11.9. The molecule has 1 aliphatic rings. The number of carbonyl (C=O) groups excluding carboxylic acids is 1. The molecule has 1 heterocycles. The summed E-state index contributed by atoms with van der Waals surface area (Å²) in [6, 6.07) is 13.7. The average molecular weight is 338 g/mol. The van der Waals surface area contributed by atoms with Crippen LogP contribution in [0.4, 0.5) is 11.4 Å². The number of rotatable bonds is 5. The zero-order valence-corrected chi connectivity index (χ0v) is 13.6. The second-order valence-electron chi connectivity index (χ2n) is 5.76. The number of nitrogens with zero attached hydrogens (tertiary/aromatic N) is 3. The number of nitro benzene ring substituents is 1.